The Morgan fingerprint density at radius 2 is 1.66 bits per heavy atom. The highest BCUT2D eigenvalue weighted by Crippen LogP contribution is 2.68. The zero-order valence-electron chi connectivity index (χ0n) is 17.3. The first-order valence-electron chi connectivity index (χ1n) is 10.8. The van der Waals surface area contributed by atoms with Crippen molar-refractivity contribution in [1.29, 1.82) is 0 Å². The molecule has 0 aromatic rings. The number of aliphatic hydroxyl groups is 6. The first-order valence-corrected chi connectivity index (χ1v) is 10.8. The first-order chi connectivity index (χ1) is 13.6. The Morgan fingerprint density at radius 3 is 2.34 bits per heavy atom. The van der Waals surface area contributed by atoms with E-state index in [9.17, 15) is 30.6 Å². The number of aliphatic hydroxyl groups excluding tert-OH is 6. The molecule has 1 heterocycles. The van der Waals surface area contributed by atoms with Gasteiger partial charge in [-0.05, 0) is 55.3 Å². The first kappa shape index (κ1) is 21.9. The van der Waals surface area contributed by atoms with Gasteiger partial charge in [0.2, 0.25) is 0 Å². The fourth-order valence-electron chi connectivity index (χ4n) is 7.01. The maximum absolute atomic E-state index is 11.1. The molecule has 1 spiro atoms. The van der Waals surface area contributed by atoms with Crippen molar-refractivity contribution >= 4 is 0 Å². The lowest BCUT2D eigenvalue weighted by molar-refractivity contribution is -0.307. The van der Waals surface area contributed by atoms with Crippen LogP contribution >= 0.6 is 0 Å². The SMILES string of the molecule is C[C@]1(CO[C@@H]2O[C@H](CO)[C@@H](O)[C@H](O)[C@H]2O)C[C@@H](O)[C@@]23CC[C@H](O)[C@](C)(CC[C@H]12)C3. The van der Waals surface area contributed by atoms with E-state index in [0.717, 1.165) is 25.7 Å². The third-order valence-corrected chi connectivity index (χ3v) is 8.71. The summed E-state index contributed by atoms with van der Waals surface area (Å²) in [4.78, 5) is 0. The lowest BCUT2D eigenvalue weighted by Gasteiger charge is -2.57. The number of fused-ring (bicyclic) bond motifs is 1. The van der Waals surface area contributed by atoms with E-state index in [0.29, 0.717) is 12.8 Å². The molecule has 4 aliphatic rings. The summed E-state index contributed by atoms with van der Waals surface area (Å²) in [6.45, 7) is 3.96. The van der Waals surface area contributed by atoms with E-state index >= 15 is 0 Å². The van der Waals surface area contributed by atoms with Crippen LogP contribution in [0.5, 0.6) is 0 Å². The molecule has 4 fully saturated rings. The van der Waals surface area contributed by atoms with Crippen LogP contribution in [0.25, 0.3) is 0 Å². The van der Waals surface area contributed by atoms with Crippen molar-refractivity contribution in [3.63, 3.8) is 0 Å². The molecule has 0 aromatic heterocycles. The van der Waals surface area contributed by atoms with Gasteiger partial charge in [-0.25, -0.2) is 0 Å². The lowest BCUT2D eigenvalue weighted by Crippen LogP contribution is -2.59. The molecule has 0 aromatic carbocycles. The standard InChI is InChI=1S/C21H36O8/c1-19-5-3-12-20(2,7-14(24)21(12,9-19)6-4-13(19)23)10-28-18-17(27)16(26)15(25)11(8-22)29-18/h11-18,22-27H,3-10H2,1-2H3/t11-,12-,13+,14-,15-,16+,17-,18-,19-,20-,21-/m1/s1. The Hall–Kier alpha value is -0.320. The molecule has 1 saturated heterocycles. The highest BCUT2D eigenvalue weighted by atomic mass is 16.7. The maximum Gasteiger partial charge on any atom is 0.186 e. The van der Waals surface area contributed by atoms with Crippen LogP contribution in [0.2, 0.25) is 0 Å². The summed E-state index contributed by atoms with van der Waals surface area (Å²) in [6, 6.07) is 0. The third kappa shape index (κ3) is 3.27. The Balaban J connectivity index is 1.49. The normalized spacial score (nSPS) is 57.5. The fourth-order valence-corrected chi connectivity index (χ4v) is 7.01. The van der Waals surface area contributed by atoms with Gasteiger partial charge in [0.05, 0.1) is 25.4 Å². The van der Waals surface area contributed by atoms with E-state index in [-0.39, 0.29) is 34.9 Å². The molecule has 8 nitrogen and oxygen atoms in total. The second-order valence-corrected chi connectivity index (χ2v) is 10.6. The van der Waals surface area contributed by atoms with Gasteiger partial charge in [-0.1, -0.05) is 13.8 Å². The van der Waals surface area contributed by atoms with Crippen molar-refractivity contribution in [3.8, 4) is 0 Å². The summed E-state index contributed by atoms with van der Waals surface area (Å²) in [5.74, 6) is 0.232. The van der Waals surface area contributed by atoms with Crippen molar-refractivity contribution < 1.29 is 40.1 Å². The van der Waals surface area contributed by atoms with Crippen LogP contribution in [0.3, 0.4) is 0 Å². The molecule has 3 aliphatic carbocycles. The van der Waals surface area contributed by atoms with Gasteiger partial charge in [0.1, 0.15) is 24.4 Å². The molecule has 0 radical (unpaired) electrons. The highest BCUT2D eigenvalue weighted by molar-refractivity contribution is 5.15. The van der Waals surface area contributed by atoms with Gasteiger partial charge < -0.3 is 40.1 Å². The molecule has 3 saturated carbocycles. The summed E-state index contributed by atoms with van der Waals surface area (Å²) in [5, 5.41) is 61.1. The largest absolute Gasteiger partial charge is 0.394 e. The van der Waals surface area contributed by atoms with Crippen LogP contribution in [0.1, 0.15) is 52.4 Å². The molecule has 168 valence electrons. The Morgan fingerprint density at radius 1 is 0.931 bits per heavy atom. The van der Waals surface area contributed by atoms with Gasteiger partial charge in [0, 0.05) is 5.41 Å². The van der Waals surface area contributed by atoms with E-state index < -0.39 is 43.4 Å². The second kappa shape index (κ2) is 7.38. The second-order valence-electron chi connectivity index (χ2n) is 10.6. The Bertz CT molecular complexity index is 615. The van der Waals surface area contributed by atoms with Crippen LogP contribution in [-0.4, -0.2) is 86.8 Å². The molecule has 11 atom stereocenters. The van der Waals surface area contributed by atoms with Crippen molar-refractivity contribution in [2.45, 2.75) is 95.3 Å². The van der Waals surface area contributed by atoms with E-state index in [1.807, 2.05) is 0 Å². The van der Waals surface area contributed by atoms with Gasteiger partial charge >= 0.3 is 0 Å². The molecule has 4 rings (SSSR count). The van der Waals surface area contributed by atoms with Crippen molar-refractivity contribution in [3.05, 3.63) is 0 Å². The molecule has 8 heteroatoms. The van der Waals surface area contributed by atoms with E-state index in [4.69, 9.17) is 9.47 Å². The third-order valence-electron chi connectivity index (χ3n) is 8.71. The van der Waals surface area contributed by atoms with Gasteiger partial charge in [-0.15, -0.1) is 0 Å². The minimum atomic E-state index is -1.46. The van der Waals surface area contributed by atoms with Gasteiger partial charge in [-0.3, -0.25) is 0 Å². The van der Waals surface area contributed by atoms with Crippen molar-refractivity contribution in [2.75, 3.05) is 13.2 Å². The minimum Gasteiger partial charge on any atom is -0.394 e. The van der Waals surface area contributed by atoms with E-state index in [1.165, 1.54) is 0 Å². The summed E-state index contributed by atoms with van der Waals surface area (Å²) >= 11 is 0. The van der Waals surface area contributed by atoms with Crippen LogP contribution in [0.15, 0.2) is 0 Å². The monoisotopic (exact) mass is 416 g/mol. The summed E-state index contributed by atoms with van der Waals surface area (Å²) in [7, 11) is 0. The molecule has 0 unspecified atom stereocenters. The lowest BCUT2D eigenvalue weighted by atomic mass is 9.49. The quantitative estimate of drug-likeness (QED) is 0.361. The number of ether oxygens (including phenoxy) is 2. The summed E-state index contributed by atoms with van der Waals surface area (Å²) in [5.41, 5.74) is -0.708. The van der Waals surface area contributed by atoms with Crippen LogP contribution in [0, 0.1) is 22.2 Å². The molecule has 0 amide bonds. The predicted octanol–water partition coefficient (Wildman–Crippen LogP) is -0.479. The van der Waals surface area contributed by atoms with Crippen molar-refractivity contribution in [1.82, 2.24) is 0 Å². The fraction of sp³-hybridized carbons (Fsp3) is 1.00. The number of rotatable bonds is 4. The number of hydrogen-bond donors (Lipinski definition) is 6. The maximum atomic E-state index is 11.1. The predicted molar refractivity (Wildman–Crippen MR) is 102 cm³/mol. The highest BCUT2D eigenvalue weighted by Gasteiger charge is 2.66. The molecule has 6 N–H and O–H groups in total. The summed E-state index contributed by atoms with van der Waals surface area (Å²) < 4.78 is 11.4. The number of hydrogen-bond acceptors (Lipinski definition) is 8. The molecule has 2 bridgehead atoms. The van der Waals surface area contributed by atoms with Crippen LogP contribution < -0.4 is 0 Å². The molecule has 29 heavy (non-hydrogen) atoms. The average Bonchev–Trinajstić information content (AvgIpc) is 2.89. The van der Waals surface area contributed by atoms with Gasteiger partial charge in [0.25, 0.3) is 0 Å². The topological polar surface area (TPSA) is 140 Å². The smallest absolute Gasteiger partial charge is 0.186 e. The van der Waals surface area contributed by atoms with Crippen LogP contribution in [-0.2, 0) is 9.47 Å². The van der Waals surface area contributed by atoms with Gasteiger partial charge in [0.15, 0.2) is 6.29 Å². The average molecular weight is 417 g/mol. The minimum absolute atomic E-state index is 0.154. The van der Waals surface area contributed by atoms with Crippen LogP contribution in [0.4, 0.5) is 0 Å². The molecular weight excluding hydrogens is 380 g/mol. The molecular formula is C21H36O8. The molecule has 1 aliphatic heterocycles. The zero-order valence-corrected chi connectivity index (χ0v) is 17.3. The van der Waals surface area contributed by atoms with Gasteiger partial charge in [-0.2, -0.15) is 0 Å². The van der Waals surface area contributed by atoms with E-state index in [1.54, 1.807) is 0 Å². The van der Waals surface area contributed by atoms with Crippen molar-refractivity contribution in [2.24, 2.45) is 22.2 Å². The zero-order chi connectivity index (χ0) is 21.2. The van der Waals surface area contributed by atoms with E-state index in [2.05, 4.69) is 13.8 Å². The summed E-state index contributed by atoms with van der Waals surface area (Å²) in [6.07, 6.45) is -2.55. The Kier molecular flexibility index (Phi) is 5.57. The Labute approximate surface area is 171 Å².